The summed E-state index contributed by atoms with van der Waals surface area (Å²) in [6.07, 6.45) is 1.42. The van der Waals surface area contributed by atoms with Gasteiger partial charge in [-0.2, -0.15) is 5.26 Å². The molecule has 1 heterocycles. The van der Waals surface area contributed by atoms with Crippen LogP contribution in [0.15, 0.2) is 27.4 Å². The van der Waals surface area contributed by atoms with Crippen LogP contribution >= 0.6 is 0 Å². The van der Waals surface area contributed by atoms with Crippen molar-refractivity contribution in [2.24, 2.45) is 0 Å². The van der Waals surface area contributed by atoms with Gasteiger partial charge in [0.2, 0.25) is 0 Å². The second-order valence-corrected chi connectivity index (χ2v) is 3.78. The summed E-state index contributed by atoms with van der Waals surface area (Å²) in [6, 6.07) is 7.68. The molecule has 0 fully saturated rings. The van der Waals surface area contributed by atoms with E-state index in [9.17, 15) is 4.79 Å². The van der Waals surface area contributed by atoms with Crippen molar-refractivity contribution in [1.29, 1.82) is 5.26 Å². The maximum absolute atomic E-state index is 11.0. The minimum absolute atomic E-state index is 0.431. The molecule has 2 aromatic rings. The second kappa shape index (κ2) is 5.32. The summed E-state index contributed by atoms with van der Waals surface area (Å²) < 4.78 is 4.91. The highest BCUT2D eigenvalue weighted by Gasteiger charge is 2.01. The fraction of sp³-hybridized carbons (Fsp3) is 0.333. The molecule has 0 saturated heterocycles. The van der Waals surface area contributed by atoms with Gasteiger partial charge in [0.1, 0.15) is 0 Å². The number of H-pyrrole nitrogens is 1. The van der Waals surface area contributed by atoms with Crippen LogP contribution in [0.3, 0.4) is 0 Å². The average Bonchev–Trinajstić information content (AvgIpc) is 2.68. The largest absolute Gasteiger partial charge is 0.417 e. The molecule has 0 atom stereocenters. The summed E-state index contributed by atoms with van der Waals surface area (Å²) in [5, 5.41) is 11.6. The Balaban J connectivity index is 1.95. The van der Waals surface area contributed by atoms with Crippen molar-refractivity contribution in [2.75, 3.05) is 6.54 Å². The van der Waals surface area contributed by atoms with Gasteiger partial charge < -0.3 is 9.73 Å². The van der Waals surface area contributed by atoms with E-state index in [0.717, 1.165) is 18.5 Å². The predicted octanol–water partition coefficient (Wildman–Crippen LogP) is 1.51. The molecule has 5 heteroatoms. The van der Waals surface area contributed by atoms with Crippen LogP contribution in [0.25, 0.3) is 11.1 Å². The highest BCUT2D eigenvalue weighted by Crippen LogP contribution is 2.11. The zero-order valence-electron chi connectivity index (χ0n) is 9.32. The summed E-state index contributed by atoms with van der Waals surface area (Å²) in [5.74, 6) is -0.431. The van der Waals surface area contributed by atoms with Crippen LogP contribution in [0, 0.1) is 11.3 Å². The number of oxazole rings is 1. The molecule has 0 radical (unpaired) electrons. The number of nitriles is 1. The van der Waals surface area contributed by atoms with Gasteiger partial charge in [0, 0.05) is 13.0 Å². The Bertz CT molecular complexity index is 592. The Morgan fingerprint density at radius 3 is 3.18 bits per heavy atom. The molecule has 0 saturated carbocycles. The molecule has 1 aromatic heterocycles. The summed E-state index contributed by atoms with van der Waals surface area (Å²) >= 11 is 0. The first-order valence-corrected chi connectivity index (χ1v) is 5.49. The van der Waals surface area contributed by atoms with Crippen LogP contribution in [0.1, 0.15) is 18.4 Å². The van der Waals surface area contributed by atoms with E-state index in [4.69, 9.17) is 9.68 Å². The zero-order valence-corrected chi connectivity index (χ0v) is 9.32. The number of fused-ring (bicyclic) bond motifs is 1. The van der Waals surface area contributed by atoms with Gasteiger partial charge in [0.25, 0.3) is 0 Å². The van der Waals surface area contributed by atoms with E-state index in [0.29, 0.717) is 24.1 Å². The molecule has 0 bridgehead atoms. The van der Waals surface area contributed by atoms with Crippen LogP contribution in [0.2, 0.25) is 0 Å². The van der Waals surface area contributed by atoms with Gasteiger partial charge in [-0.25, -0.2) is 4.79 Å². The van der Waals surface area contributed by atoms with Crippen molar-refractivity contribution >= 4 is 11.1 Å². The number of nitrogens with one attached hydrogen (secondary N) is 2. The fourth-order valence-electron chi connectivity index (χ4n) is 1.63. The zero-order chi connectivity index (χ0) is 12.1. The van der Waals surface area contributed by atoms with Crippen molar-refractivity contribution in [3.8, 4) is 6.07 Å². The van der Waals surface area contributed by atoms with Crippen molar-refractivity contribution in [2.45, 2.75) is 19.4 Å². The summed E-state index contributed by atoms with van der Waals surface area (Å²) in [6.45, 7) is 1.53. The lowest BCUT2D eigenvalue weighted by Crippen LogP contribution is -2.14. The minimum Gasteiger partial charge on any atom is -0.408 e. The number of hydrogen-bond donors (Lipinski definition) is 2. The molecule has 1 aromatic carbocycles. The number of aromatic amines is 1. The standard InChI is InChI=1S/C12H13N3O2/c13-5-1-2-6-14-8-9-3-4-11-10(7-9)15-12(16)17-11/h3-4,7,14H,1-2,6,8H2,(H,15,16). The molecule has 0 spiro atoms. The van der Waals surface area contributed by atoms with Crippen LogP contribution < -0.4 is 11.1 Å². The lowest BCUT2D eigenvalue weighted by Gasteiger charge is -2.02. The number of unbranched alkanes of at least 4 members (excludes halogenated alkanes) is 1. The maximum Gasteiger partial charge on any atom is 0.417 e. The number of rotatable bonds is 5. The van der Waals surface area contributed by atoms with Gasteiger partial charge in [-0.15, -0.1) is 0 Å². The van der Waals surface area contributed by atoms with E-state index in [2.05, 4.69) is 16.4 Å². The second-order valence-electron chi connectivity index (χ2n) is 3.78. The average molecular weight is 231 g/mol. The monoisotopic (exact) mass is 231 g/mol. The van der Waals surface area contributed by atoms with Crippen LogP contribution in [0.5, 0.6) is 0 Å². The first-order chi connectivity index (χ1) is 8.29. The first-order valence-electron chi connectivity index (χ1n) is 5.49. The smallest absolute Gasteiger partial charge is 0.408 e. The lowest BCUT2D eigenvalue weighted by molar-refractivity contribution is 0.555. The normalized spacial score (nSPS) is 10.5. The number of aromatic nitrogens is 1. The van der Waals surface area contributed by atoms with E-state index < -0.39 is 5.76 Å². The van der Waals surface area contributed by atoms with Crippen molar-refractivity contribution in [1.82, 2.24) is 10.3 Å². The van der Waals surface area contributed by atoms with Crippen LogP contribution in [0.4, 0.5) is 0 Å². The minimum atomic E-state index is -0.431. The Labute approximate surface area is 98.1 Å². The first kappa shape index (κ1) is 11.4. The molecule has 17 heavy (non-hydrogen) atoms. The third-order valence-electron chi connectivity index (χ3n) is 2.45. The van der Waals surface area contributed by atoms with Crippen molar-refractivity contribution in [3.63, 3.8) is 0 Å². The number of benzene rings is 1. The van der Waals surface area contributed by atoms with Gasteiger partial charge in [0.15, 0.2) is 5.58 Å². The Morgan fingerprint density at radius 1 is 1.47 bits per heavy atom. The van der Waals surface area contributed by atoms with Gasteiger partial charge >= 0.3 is 5.76 Å². The highest BCUT2D eigenvalue weighted by atomic mass is 16.4. The lowest BCUT2D eigenvalue weighted by atomic mass is 10.2. The van der Waals surface area contributed by atoms with Gasteiger partial charge in [-0.05, 0) is 30.7 Å². The van der Waals surface area contributed by atoms with Gasteiger partial charge in [0.05, 0.1) is 11.6 Å². The summed E-state index contributed by atoms with van der Waals surface area (Å²) in [5.41, 5.74) is 2.36. The van der Waals surface area contributed by atoms with Crippen LogP contribution in [-0.4, -0.2) is 11.5 Å². The van der Waals surface area contributed by atoms with E-state index in [1.807, 2.05) is 12.1 Å². The Morgan fingerprint density at radius 2 is 2.35 bits per heavy atom. The van der Waals surface area contributed by atoms with Gasteiger partial charge in [-0.3, -0.25) is 4.98 Å². The molecule has 88 valence electrons. The van der Waals surface area contributed by atoms with Gasteiger partial charge in [-0.1, -0.05) is 6.07 Å². The molecule has 0 aliphatic carbocycles. The molecule has 0 aliphatic rings. The molecule has 0 unspecified atom stereocenters. The predicted molar refractivity (Wildman–Crippen MR) is 63.4 cm³/mol. The number of hydrogen-bond acceptors (Lipinski definition) is 4. The Hall–Kier alpha value is -2.06. The quantitative estimate of drug-likeness (QED) is 0.764. The summed E-state index contributed by atoms with van der Waals surface area (Å²) in [7, 11) is 0. The van der Waals surface area contributed by atoms with E-state index in [1.54, 1.807) is 6.07 Å². The molecule has 2 N–H and O–H groups in total. The number of nitrogens with zero attached hydrogens (tertiary/aromatic N) is 1. The molecule has 5 nitrogen and oxygen atoms in total. The van der Waals surface area contributed by atoms with E-state index in [1.165, 1.54) is 0 Å². The molecular formula is C12H13N3O2. The molecule has 0 amide bonds. The van der Waals surface area contributed by atoms with E-state index in [-0.39, 0.29) is 0 Å². The summed E-state index contributed by atoms with van der Waals surface area (Å²) in [4.78, 5) is 13.6. The SMILES string of the molecule is N#CCCCNCc1ccc2oc(=O)[nH]c2c1. The van der Waals surface area contributed by atoms with Crippen LogP contribution in [-0.2, 0) is 6.54 Å². The fourth-order valence-corrected chi connectivity index (χ4v) is 1.63. The molecule has 0 aliphatic heterocycles. The van der Waals surface area contributed by atoms with E-state index >= 15 is 0 Å². The Kier molecular flexibility index (Phi) is 3.58. The highest BCUT2D eigenvalue weighted by molar-refractivity contribution is 5.72. The van der Waals surface area contributed by atoms with Crippen molar-refractivity contribution < 1.29 is 4.42 Å². The maximum atomic E-state index is 11.0. The topological polar surface area (TPSA) is 81.8 Å². The molecular weight excluding hydrogens is 218 g/mol. The third-order valence-corrected chi connectivity index (χ3v) is 2.45. The van der Waals surface area contributed by atoms with Crippen molar-refractivity contribution in [3.05, 3.63) is 34.3 Å². The molecule has 2 rings (SSSR count). The third kappa shape index (κ3) is 2.95.